The lowest BCUT2D eigenvalue weighted by Gasteiger charge is -2.40. The average molecular weight is 275 g/mol. The molecular formula is C15H21N3O2. The number of hydrogen-bond acceptors (Lipinski definition) is 3. The predicted molar refractivity (Wildman–Crippen MR) is 77.0 cm³/mol. The van der Waals surface area contributed by atoms with Gasteiger partial charge in [0.1, 0.15) is 6.04 Å². The predicted octanol–water partition coefficient (Wildman–Crippen LogP) is 0.465. The summed E-state index contributed by atoms with van der Waals surface area (Å²) in [5.41, 5.74) is 1.18. The Kier molecular flexibility index (Phi) is 4.74. The molecule has 0 aliphatic carbocycles. The van der Waals surface area contributed by atoms with E-state index in [1.165, 1.54) is 5.56 Å². The van der Waals surface area contributed by atoms with Crippen molar-refractivity contribution in [2.45, 2.75) is 19.5 Å². The minimum absolute atomic E-state index is 0.0262. The third-order valence-corrected chi connectivity index (χ3v) is 3.71. The van der Waals surface area contributed by atoms with Gasteiger partial charge in [-0.3, -0.25) is 14.5 Å². The van der Waals surface area contributed by atoms with Gasteiger partial charge in [-0.25, -0.2) is 0 Å². The first-order chi connectivity index (χ1) is 9.61. The van der Waals surface area contributed by atoms with Crippen LogP contribution < -0.4 is 5.32 Å². The van der Waals surface area contributed by atoms with Gasteiger partial charge < -0.3 is 10.2 Å². The summed E-state index contributed by atoms with van der Waals surface area (Å²) in [6.07, 6.45) is 0. The van der Waals surface area contributed by atoms with Gasteiger partial charge in [0.15, 0.2) is 0 Å². The lowest BCUT2D eigenvalue weighted by molar-refractivity contribution is -0.136. The zero-order valence-electron chi connectivity index (χ0n) is 12.0. The maximum absolute atomic E-state index is 12.0. The molecule has 1 aromatic rings. The Labute approximate surface area is 119 Å². The molecule has 108 valence electrons. The minimum Gasteiger partial charge on any atom is -0.358 e. The molecule has 0 radical (unpaired) electrons. The van der Waals surface area contributed by atoms with Crippen LogP contribution in [0.5, 0.6) is 0 Å². The highest BCUT2D eigenvalue weighted by atomic mass is 16.2. The number of carbonyl (C=O) groups excluding carboxylic acids is 2. The van der Waals surface area contributed by atoms with Crippen LogP contribution in [0.15, 0.2) is 30.3 Å². The van der Waals surface area contributed by atoms with E-state index in [2.05, 4.69) is 22.3 Å². The van der Waals surface area contributed by atoms with Crippen LogP contribution >= 0.6 is 0 Å². The van der Waals surface area contributed by atoms with Crippen molar-refractivity contribution in [2.75, 3.05) is 26.7 Å². The Morgan fingerprint density at radius 3 is 2.55 bits per heavy atom. The number of nitrogens with one attached hydrogen (secondary N) is 1. The maximum atomic E-state index is 12.0. The van der Waals surface area contributed by atoms with Gasteiger partial charge in [0, 0.05) is 40.2 Å². The summed E-state index contributed by atoms with van der Waals surface area (Å²) in [6.45, 7) is 4.13. The number of carbonyl (C=O) groups is 2. The molecule has 1 aliphatic heterocycles. The fourth-order valence-electron chi connectivity index (χ4n) is 2.53. The van der Waals surface area contributed by atoms with E-state index in [1.54, 1.807) is 18.9 Å². The van der Waals surface area contributed by atoms with Crippen LogP contribution in [0.1, 0.15) is 12.5 Å². The third kappa shape index (κ3) is 3.36. The van der Waals surface area contributed by atoms with E-state index in [0.717, 1.165) is 6.54 Å². The molecule has 2 amide bonds. The largest absolute Gasteiger partial charge is 0.358 e. The van der Waals surface area contributed by atoms with Gasteiger partial charge in [-0.2, -0.15) is 0 Å². The van der Waals surface area contributed by atoms with E-state index < -0.39 is 0 Å². The first kappa shape index (κ1) is 14.5. The molecule has 0 saturated carbocycles. The molecule has 0 spiro atoms. The first-order valence-electron chi connectivity index (χ1n) is 6.87. The molecular weight excluding hydrogens is 254 g/mol. The number of benzene rings is 1. The topological polar surface area (TPSA) is 52.7 Å². The summed E-state index contributed by atoms with van der Waals surface area (Å²) in [5, 5.41) is 2.69. The van der Waals surface area contributed by atoms with Gasteiger partial charge in [0.2, 0.25) is 11.8 Å². The molecule has 1 heterocycles. The van der Waals surface area contributed by atoms with Gasteiger partial charge >= 0.3 is 0 Å². The number of likely N-dealkylation sites (N-methyl/N-ethyl adjacent to an activating group) is 1. The van der Waals surface area contributed by atoms with Crippen LogP contribution in [-0.2, 0) is 16.1 Å². The second-order valence-corrected chi connectivity index (χ2v) is 5.05. The van der Waals surface area contributed by atoms with Crippen molar-refractivity contribution < 1.29 is 9.59 Å². The van der Waals surface area contributed by atoms with E-state index in [0.29, 0.717) is 19.6 Å². The van der Waals surface area contributed by atoms with Crippen molar-refractivity contribution in [1.82, 2.24) is 15.1 Å². The zero-order valence-corrected chi connectivity index (χ0v) is 12.0. The van der Waals surface area contributed by atoms with E-state index in [4.69, 9.17) is 0 Å². The molecule has 1 aliphatic rings. The van der Waals surface area contributed by atoms with Crippen molar-refractivity contribution in [3.63, 3.8) is 0 Å². The molecule has 5 heteroatoms. The van der Waals surface area contributed by atoms with Gasteiger partial charge in [-0.05, 0) is 5.56 Å². The molecule has 5 nitrogen and oxygen atoms in total. The maximum Gasteiger partial charge on any atom is 0.238 e. The second-order valence-electron chi connectivity index (χ2n) is 5.05. The lowest BCUT2D eigenvalue weighted by Crippen LogP contribution is -2.59. The van der Waals surface area contributed by atoms with Gasteiger partial charge in [-0.1, -0.05) is 30.3 Å². The van der Waals surface area contributed by atoms with Crippen molar-refractivity contribution in [3.8, 4) is 0 Å². The van der Waals surface area contributed by atoms with Crippen molar-refractivity contribution in [2.24, 2.45) is 0 Å². The van der Waals surface area contributed by atoms with Gasteiger partial charge in [-0.15, -0.1) is 0 Å². The first-order valence-corrected chi connectivity index (χ1v) is 6.87. The van der Waals surface area contributed by atoms with E-state index in [9.17, 15) is 9.59 Å². The number of amides is 2. The van der Waals surface area contributed by atoms with Crippen molar-refractivity contribution in [3.05, 3.63) is 35.9 Å². The molecule has 20 heavy (non-hydrogen) atoms. The number of piperazine rings is 1. The zero-order chi connectivity index (χ0) is 14.5. The average Bonchev–Trinajstić information content (AvgIpc) is 2.47. The minimum atomic E-state index is -0.280. The molecule has 2 rings (SSSR count). The SMILES string of the molecule is CNC(=O)C1CN(C(C)=O)CCN1Cc1ccccc1. The molecule has 1 unspecified atom stereocenters. The van der Waals surface area contributed by atoms with Crippen LogP contribution in [0, 0.1) is 0 Å². The number of nitrogens with zero attached hydrogens (tertiary/aromatic N) is 2. The summed E-state index contributed by atoms with van der Waals surface area (Å²) in [4.78, 5) is 27.4. The smallest absolute Gasteiger partial charge is 0.238 e. The Morgan fingerprint density at radius 2 is 1.95 bits per heavy atom. The van der Waals surface area contributed by atoms with Crippen LogP contribution in [0.3, 0.4) is 0 Å². The second kappa shape index (κ2) is 6.52. The fourth-order valence-corrected chi connectivity index (χ4v) is 2.53. The summed E-state index contributed by atoms with van der Waals surface area (Å²) in [6, 6.07) is 9.80. The fraction of sp³-hybridized carbons (Fsp3) is 0.467. The Morgan fingerprint density at radius 1 is 1.25 bits per heavy atom. The van der Waals surface area contributed by atoms with Crippen molar-refractivity contribution >= 4 is 11.8 Å². The molecule has 1 aromatic carbocycles. The summed E-state index contributed by atoms with van der Waals surface area (Å²) < 4.78 is 0. The van der Waals surface area contributed by atoms with Crippen LogP contribution in [0.25, 0.3) is 0 Å². The standard InChI is InChI=1S/C15H21N3O2/c1-12(19)17-8-9-18(14(11-17)15(20)16-2)10-13-6-4-3-5-7-13/h3-7,14H,8-11H2,1-2H3,(H,16,20). The van der Waals surface area contributed by atoms with E-state index in [1.807, 2.05) is 18.2 Å². The highest BCUT2D eigenvalue weighted by molar-refractivity contribution is 5.83. The molecule has 0 aromatic heterocycles. The van der Waals surface area contributed by atoms with Gasteiger partial charge in [0.05, 0.1) is 0 Å². The van der Waals surface area contributed by atoms with E-state index >= 15 is 0 Å². The van der Waals surface area contributed by atoms with Crippen LogP contribution in [-0.4, -0.2) is 54.3 Å². The normalized spacial score (nSPS) is 19.7. The summed E-state index contributed by atoms with van der Waals surface area (Å²) >= 11 is 0. The number of hydrogen-bond donors (Lipinski definition) is 1. The summed E-state index contributed by atoms with van der Waals surface area (Å²) in [5.74, 6) is -0.00912. The third-order valence-electron chi connectivity index (χ3n) is 3.71. The van der Waals surface area contributed by atoms with Crippen molar-refractivity contribution in [1.29, 1.82) is 0 Å². The Bertz CT molecular complexity index is 475. The van der Waals surface area contributed by atoms with Crippen LogP contribution in [0.4, 0.5) is 0 Å². The monoisotopic (exact) mass is 275 g/mol. The lowest BCUT2D eigenvalue weighted by atomic mass is 10.1. The van der Waals surface area contributed by atoms with Gasteiger partial charge in [0.25, 0.3) is 0 Å². The summed E-state index contributed by atoms with van der Waals surface area (Å²) in [7, 11) is 1.63. The Balaban J connectivity index is 2.10. The Hall–Kier alpha value is -1.88. The highest BCUT2D eigenvalue weighted by Gasteiger charge is 2.32. The quantitative estimate of drug-likeness (QED) is 0.872. The molecule has 1 saturated heterocycles. The number of rotatable bonds is 3. The molecule has 1 fully saturated rings. The van der Waals surface area contributed by atoms with Crippen LogP contribution in [0.2, 0.25) is 0 Å². The highest BCUT2D eigenvalue weighted by Crippen LogP contribution is 2.14. The molecule has 1 N–H and O–H groups in total. The van der Waals surface area contributed by atoms with E-state index in [-0.39, 0.29) is 17.9 Å². The molecule has 0 bridgehead atoms. The molecule has 1 atom stereocenters.